The van der Waals surface area contributed by atoms with Crippen LogP contribution in [0, 0.1) is 0 Å². The molecule has 0 saturated carbocycles. The molecule has 15 heavy (non-hydrogen) atoms. The lowest BCUT2D eigenvalue weighted by Gasteiger charge is -2.17. The summed E-state index contributed by atoms with van der Waals surface area (Å²) in [4.78, 5) is 11.4. The molecule has 1 aliphatic rings. The van der Waals surface area contributed by atoms with Gasteiger partial charge >= 0.3 is 5.97 Å². The van der Waals surface area contributed by atoms with E-state index in [1.165, 1.54) is 6.08 Å². The third-order valence-electron chi connectivity index (χ3n) is 2.36. The summed E-state index contributed by atoms with van der Waals surface area (Å²) in [7, 11) is 0. The lowest BCUT2D eigenvalue weighted by Crippen LogP contribution is -2.22. The van der Waals surface area contributed by atoms with E-state index in [9.17, 15) is 9.90 Å². The Hall–Kier alpha value is -1.61. The smallest absolute Gasteiger partial charge is 0.341 e. The van der Waals surface area contributed by atoms with E-state index in [2.05, 4.69) is 0 Å². The van der Waals surface area contributed by atoms with Crippen LogP contribution in [0.4, 0.5) is 0 Å². The molecule has 0 bridgehead atoms. The molecular weight excluding hydrogens is 192 g/mol. The van der Waals surface area contributed by atoms with Gasteiger partial charge in [-0.05, 0) is 18.6 Å². The maximum atomic E-state index is 11.4. The molecule has 3 heteroatoms. The molecule has 1 aromatic rings. The van der Waals surface area contributed by atoms with Crippen molar-refractivity contribution in [1.82, 2.24) is 0 Å². The highest BCUT2D eigenvalue weighted by molar-refractivity contribution is 5.94. The van der Waals surface area contributed by atoms with E-state index in [0.717, 1.165) is 6.42 Å². The van der Waals surface area contributed by atoms with Crippen molar-refractivity contribution in [3.05, 3.63) is 47.5 Å². The Morgan fingerprint density at radius 3 is 2.93 bits per heavy atom. The highest BCUT2D eigenvalue weighted by atomic mass is 16.7. The number of cyclic esters (lactones) is 1. The summed E-state index contributed by atoms with van der Waals surface area (Å²) in [5.74, 6) is -2.06. The van der Waals surface area contributed by atoms with Crippen LogP contribution < -0.4 is 0 Å². The van der Waals surface area contributed by atoms with E-state index in [1.54, 1.807) is 30.3 Å². The summed E-state index contributed by atoms with van der Waals surface area (Å²) in [6.45, 7) is 1.95. The van der Waals surface area contributed by atoms with Crippen molar-refractivity contribution in [2.75, 3.05) is 0 Å². The first kappa shape index (κ1) is 9.93. The molecule has 0 spiro atoms. The van der Waals surface area contributed by atoms with Gasteiger partial charge in [0.2, 0.25) is 0 Å². The second kappa shape index (κ2) is 3.51. The van der Waals surface area contributed by atoms with E-state index in [4.69, 9.17) is 4.74 Å². The molecular formula is C12H12O3. The van der Waals surface area contributed by atoms with Crippen molar-refractivity contribution in [1.29, 1.82) is 0 Å². The van der Waals surface area contributed by atoms with Gasteiger partial charge in [0.1, 0.15) is 0 Å². The van der Waals surface area contributed by atoms with Crippen LogP contribution in [0.3, 0.4) is 0 Å². The zero-order valence-corrected chi connectivity index (χ0v) is 8.43. The molecule has 0 radical (unpaired) electrons. The molecule has 0 amide bonds. The largest absolute Gasteiger partial charge is 0.421 e. The average Bonchev–Trinajstić information content (AvgIpc) is 2.50. The molecule has 1 aromatic carbocycles. The third kappa shape index (κ3) is 1.55. The number of rotatable bonds is 2. The highest BCUT2D eigenvalue weighted by Crippen LogP contribution is 2.35. The van der Waals surface area contributed by atoms with Crippen LogP contribution in [0.2, 0.25) is 0 Å². The summed E-state index contributed by atoms with van der Waals surface area (Å²) in [5, 5.41) is 10.1. The summed E-state index contributed by atoms with van der Waals surface area (Å²) < 4.78 is 4.95. The van der Waals surface area contributed by atoms with Gasteiger partial charge in [-0.1, -0.05) is 31.2 Å². The second-order valence-electron chi connectivity index (χ2n) is 3.44. The Kier molecular flexibility index (Phi) is 2.32. The average molecular weight is 204 g/mol. The zero-order valence-electron chi connectivity index (χ0n) is 8.43. The van der Waals surface area contributed by atoms with Gasteiger partial charge in [0, 0.05) is 5.56 Å². The van der Waals surface area contributed by atoms with Crippen molar-refractivity contribution in [2.24, 2.45) is 0 Å². The normalized spacial score (nSPS) is 24.3. The molecule has 0 fully saturated rings. The molecule has 2 rings (SSSR count). The Morgan fingerprint density at radius 2 is 2.20 bits per heavy atom. The van der Waals surface area contributed by atoms with Gasteiger partial charge in [0.25, 0.3) is 5.79 Å². The van der Waals surface area contributed by atoms with E-state index in [0.29, 0.717) is 11.1 Å². The van der Waals surface area contributed by atoms with Gasteiger partial charge in [0.05, 0.1) is 5.56 Å². The molecule has 1 atom stereocenters. The van der Waals surface area contributed by atoms with Crippen LogP contribution in [0.1, 0.15) is 29.3 Å². The van der Waals surface area contributed by atoms with Crippen molar-refractivity contribution in [2.45, 2.75) is 19.1 Å². The number of esters is 1. The number of fused-ring (bicyclic) bond motifs is 1. The van der Waals surface area contributed by atoms with Gasteiger partial charge in [-0.3, -0.25) is 0 Å². The predicted octanol–water partition coefficient (Wildman–Crippen LogP) is 1.97. The minimum atomic E-state index is -1.58. The number of benzene rings is 1. The molecule has 1 N–H and O–H groups in total. The fraction of sp³-hybridized carbons (Fsp3) is 0.250. The van der Waals surface area contributed by atoms with Crippen LogP contribution in [0.15, 0.2) is 36.4 Å². The van der Waals surface area contributed by atoms with Crippen LogP contribution in [-0.4, -0.2) is 11.1 Å². The van der Waals surface area contributed by atoms with Crippen LogP contribution in [-0.2, 0) is 10.5 Å². The van der Waals surface area contributed by atoms with Crippen LogP contribution in [0.25, 0.3) is 0 Å². The van der Waals surface area contributed by atoms with Gasteiger partial charge in [-0.15, -0.1) is 0 Å². The standard InChI is InChI=1S/C12H12O3/c1-2-3-8-12(14)10-7-5-4-6-9(10)11(13)15-12/h3-8,14H,2H2,1H3. The van der Waals surface area contributed by atoms with E-state index in [1.807, 2.05) is 6.92 Å². The molecule has 0 aliphatic carbocycles. The Labute approximate surface area is 88.0 Å². The first-order valence-corrected chi connectivity index (χ1v) is 4.90. The monoisotopic (exact) mass is 204 g/mol. The minimum Gasteiger partial charge on any atom is -0.421 e. The Morgan fingerprint density at radius 1 is 1.47 bits per heavy atom. The van der Waals surface area contributed by atoms with Gasteiger partial charge in [-0.25, -0.2) is 4.79 Å². The van der Waals surface area contributed by atoms with Crippen LogP contribution >= 0.6 is 0 Å². The van der Waals surface area contributed by atoms with E-state index >= 15 is 0 Å². The van der Waals surface area contributed by atoms with E-state index < -0.39 is 11.8 Å². The first-order valence-electron chi connectivity index (χ1n) is 4.90. The number of aliphatic hydroxyl groups is 1. The van der Waals surface area contributed by atoms with E-state index in [-0.39, 0.29) is 0 Å². The highest BCUT2D eigenvalue weighted by Gasteiger charge is 2.41. The molecule has 0 saturated heterocycles. The van der Waals surface area contributed by atoms with Gasteiger partial charge < -0.3 is 9.84 Å². The Balaban J connectivity index is 2.48. The quantitative estimate of drug-likeness (QED) is 0.591. The number of hydrogen-bond donors (Lipinski definition) is 1. The lowest BCUT2D eigenvalue weighted by atomic mass is 10.0. The third-order valence-corrected chi connectivity index (χ3v) is 2.36. The topological polar surface area (TPSA) is 46.5 Å². The molecule has 1 heterocycles. The predicted molar refractivity (Wildman–Crippen MR) is 55.2 cm³/mol. The Bertz CT molecular complexity index is 423. The molecule has 1 aliphatic heterocycles. The summed E-state index contributed by atoms with van der Waals surface area (Å²) >= 11 is 0. The second-order valence-corrected chi connectivity index (χ2v) is 3.44. The fourth-order valence-electron chi connectivity index (χ4n) is 1.63. The number of hydrogen-bond acceptors (Lipinski definition) is 3. The number of carbonyl (C=O) groups excluding carboxylic acids is 1. The summed E-state index contributed by atoms with van der Waals surface area (Å²) in [5.41, 5.74) is 0.945. The lowest BCUT2D eigenvalue weighted by molar-refractivity contribution is -0.123. The van der Waals surface area contributed by atoms with Crippen molar-refractivity contribution in [3.8, 4) is 0 Å². The molecule has 78 valence electrons. The van der Waals surface area contributed by atoms with Crippen molar-refractivity contribution < 1.29 is 14.6 Å². The zero-order chi connectivity index (χ0) is 10.9. The SMILES string of the molecule is CCC=CC1(O)OC(=O)c2ccccc21. The maximum absolute atomic E-state index is 11.4. The number of ether oxygens (including phenoxy) is 1. The fourth-order valence-corrected chi connectivity index (χ4v) is 1.63. The first-order chi connectivity index (χ1) is 7.17. The number of carbonyl (C=O) groups is 1. The number of allylic oxidation sites excluding steroid dienone is 1. The molecule has 3 nitrogen and oxygen atoms in total. The maximum Gasteiger partial charge on any atom is 0.341 e. The summed E-state index contributed by atoms with van der Waals surface area (Å²) in [6, 6.07) is 6.86. The van der Waals surface area contributed by atoms with Crippen LogP contribution in [0.5, 0.6) is 0 Å². The molecule has 0 aromatic heterocycles. The van der Waals surface area contributed by atoms with Gasteiger partial charge in [0.15, 0.2) is 0 Å². The van der Waals surface area contributed by atoms with Crippen molar-refractivity contribution >= 4 is 5.97 Å². The molecule has 1 unspecified atom stereocenters. The van der Waals surface area contributed by atoms with Crippen molar-refractivity contribution in [3.63, 3.8) is 0 Å². The minimum absolute atomic E-state index is 0.431. The van der Waals surface area contributed by atoms with Gasteiger partial charge in [-0.2, -0.15) is 0 Å². The summed E-state index contributed by atoms with van der Waals surface area (Å²) in [6.07, 6.45) is 4.06.